The topological polar surface area (TPSA) is 70.1 Å². The number of carbonyl (C=O) groups excluding carboxylic acids is 1. The molecule has 0 bridgehead atoms. The van der Waals surface area contributed by atoms with Gasteiger partial charge in [0.2, 0.25) is 0 Å². The SMILES string of the molecule is O=C(O)c1ccc2c(c1)N(CC1CCN(c3ccccc3)CC1)C(=O)CO2. The van der Waals surface area contributed by atoms with Crippen molar-refractivity contribution in [1.82, 2.24) is 0 Å². The quantitative estimate of drug-likeness (QED) is 0.901. The van der Waals surface area contributed by atoms with Gasteiger partial charge in [0, 0.05) is 25.3 Å². The van der Waals surface area contributed by atoms with Crippen LogP contribution < -0.4 is 14.5 Å². The van der Waals surface area contributed by atoms with Crippen molar-refractivity contribution in [3.8, 4) is 5.75 Å². The lowest BCUT2D eigenvalue weighted by Crippen LogP contribution is -2.44. The number of para-hydroxylation sites is 1. The molecule has 2 aromatic carbocycles. The standard InChI is InChI=1S/C21H22N2O4/c24-20-14-27-19-7-6-16(21(25)26)12-18(19)23(20)13-15-8-10-22(11-9-15)17-4-2-1-3-5-17/h1-7,12,15H,8-11,13-14H2,(H,25,26). The molecule has 4 rings (SSSR count). The Morgan fingerprint density at radius 2 is 1.85 bits per heavy atom. The van der Waals surface area contributed by atoms with Crippen molar-refractivity contribution >= 4 is 23.3 Å². The lowest BCUT2D eigenvalue weighted by atomic mass is 9.95. The van der Waals surface area contributed by atoms with Crippen LogP contribution in [0.5, 0.6) is 5.75 Å². The molecule has 140 valence electrons. The molecule has 0 spiro atoms. The molecule has 0 radical (unpaired) electrons. The van der Waals surface area contributed by atoms with Gasteiger partial charge in [-0.15, -0.1) is 0 Å². The molecule has 1 N–H and O–H groups in total. The molecule has 2 heterocycles. The van der Waals surface area contributed by atoms with Crippen LogP contribution >= 0.6 is 0 Å². The molecule has 6 heteroatoms. The van der Waals surface area contributed by atoms with E-state index in [0.29, 0.717) is 23.9 Å². The number of aromatic carboxylic acids is 1. The smallest absolute Gasteiger partial charge is 0.335 e. The highest BCUT2D eigenvalue weighted by Crippen LogP contribution is 2.35. The minimum absolute atomic E-state index is 0.00226. The van der Waals surface area contributed by atoms with Crippen LogP contribution in [0.1, 0.15) is 23.2 Å². The van der Waals surface area contributed by atoms with Crippen LogP contribution in [-0.4, -0.2) is 43.2 Å². The van der Waals surface area contributed by atoms with E-state index in [-0.39, 0.29) is 18.1 Å². The van der Waals surface area contributed by atoms with Crippen molar-refractivity contribution in [2.24, 2.45) is 5.92 Å². The molecule has 27 heavy (non-hydrogen) atoms. The zero-order valence-electron chi connectivity index (χ0n) is 15.0. The Balaban J connectivity index is 1.46. The fourth-order valence-electron chi connectivity index (χ4n) is 3.81. The fourth-order valence-corrected chi connectivity index (χ4v) is 3.81. The van der Waals surface area contributed by atoms with Crippen LogP contribution in [0.4, 0.5) is 11.4 Å². The summed E-state index contributed by atoms with van der Waals surface area (Å²) in [6.07, 6.45) is 1.99. The van der Waals surface area contributed by atoms with Gasteiger partial charge in [-0.25, -0.2) is 4.79 Å². The van der Waals surface area contributed by atoms with E-state index in [1.54, 1.807) is 11.0 Å². The van der Waals surface area contributed by atoms with Gasteiger partial charge in [0.1, 0.15) is 5.75 Å². The van der Waals surface area contributed by atoms with Crippen molar-refractivity contribution in [1.29, 1.82) is 0 Å². The number of benzene rings is 2. The Labute approximate surface area is 158 Å². The third kappa shape index (κ3) is 3.60. The van der Waals surface area contributed by atoms with Crippen LogP contribution in [0.15, 0.2) is 48.5 Å². The van der Waals surface area contributed by atoms with Crippen molar-refractivity contribution in [3.63, 3.8) is 0 Å². The first kappa shape index (κ1) is 17.4. The molecule has 1 amide bonds. The second-order valence-corrected chi connectivity index (χ2v) is 7.05. The predicted octanol–water partition coefficient (Wildman–Crippen LogP) is 3.03. The van der Waals surface area contributed by atoms with E-state index in [1.165, 1.54) is 17.8 Å². The zero-order chi connectivity index (χ0) is 18.8. The highest BCUT2D eigenvalue weighted by molar-refractivity contribution is 5.99. The third-order valence-electron chi connectivity index (χ3n) is 5.33. The van der Waals surface area contributed by atoms with Gasteiger partial charge in [0.05, 0.1) is 11.3 Å². The third-order valence-corrected chi connectivity index (χ3v) is 5.33. The Morgan fingerprint density at radius 3 is 2.56 bits per heavy atom. The van der Waals surface area contributed by atoms with Gasteiger partial charge in [-0.2, -0.15) is 0 Å². The molecule has 0 unspecified atom stereocenters. The number of anilines is 2. The molecular weight excluding hydrogens is 344 g/mol. The largest absolute Gasteiger partial charge is 0.482 e. The van der Waals surface area contributed by atoms with Gasteiger partial charge in [-0.05, 0) is 49.1 Å². The molecule has 6 nitrogen and oxygen atoms in total. The lowest BCUT2D eigenvalue weighted by molar-refractivity contribution is -0.121. The minimum Gasteiger partial charge on any atom is -0.482 e. The number of carboxylic acid groups (broad SMARTS) is 1. The molecule has 2 aromatic rings. The molecule has 0 aliphatic carbocycles. The average Bonchev–Trinajstić information content (AvgIpc) is 2.71. The molecule has 1 saturated heterocycles. The van der Waals surface area contributed by atoms with Crippen molar-refractivity contribution in [2.45, 2.75) is 12.8 Å². The van der Waals surface area contributed by atoms with Crippen molar-refractivity contribution in [3.05, 3.63) is 54.1 Å². The van der Waals surface area contributed by atoms with Crippen molar-refractivity contribution < 1.29 is 19.4 Å². The molecule has 0 atom stereocenters. The summed E-state index contributed by atoms with van der Waals surface area (Å²) >= 11 is 0. The summed E-state index contributed by atoms with van der Waals surface area (Å²) in [7, 11) is 0. The van der Waals surface area contributed by atoms with Gasteiger partial charge in [0.25, 0.3) is 5.91 Å². The number of hydrogen-bond acceptors (Lipinski definition) is 4. The first-order chi connectivity index (χ1) is 13.1. The lowest BCUT2D eigenvalue weighted by Gasteiger charge is -2.37. The van der Waals surface area contributed by atoms with Crippen LogP contribution in [0.2, 0.25) is 0 Å². The molecule has 2 aliphatic rings. The van der Waals surface area contributed by atoms with Crippen LogP contribution in [-0.2, 0) is 4.79 Å². The number of nitrogens with zero attached hydrogens (tertiary/aromatic N) is 2. The highest BCUT2D eigenvalue weighted by Gasteiger charge is 2.30. The maximum atomic E-state index is 12.4. The summed E-state index contributed by atoms with van der Waals surface area (Å²) in [5.74, 6) is -0.169. The fraction of sp³-hybridized carbons (Fsp3) is 0.333. The summed E-state index contributed by atoms with van der Waals surface area (Å²) in [5.41, 5.74) is 1.96. The molecule has 0 saturated carbocycles. The van der Waals surface area contributed by atoms with Gasteiger partial charge >= 0.3 is 5.97 Å². The van der Waals surface area contributed by atoms with Crippen LogP contribution in [0.25, 0.3) is 0 Å². The number of fused-ring (bicyclic) bond motifs is 1. The van der Waals surface area contributed by atoms with Crippen molar-refractivity contribution in [2.75, 3.05) is 36.0 Å². The van der Waals surface area contributed by atoms with Gasteiger partial charge < -0.3 is 19.6 Å². The second-order valence-electron chi connectivity index (χ2n) is 7.05. The van der Waals surface area contributed by atoms with E-state index < -0.39 is 5.97 Å². The Kier molecular flexibility index (Phi) is 4.71. The zero-order valence-corrected chi connectivity index (χ0v) is 15.0. The monoisotopic (exact) mass is 366 g/mol. The van der Waals surface area contributed by atoms with Gasteiger partial charge in [-0.3, -0.25) is 4.79 Å². The van der Waals surface area contributed by atoms with Crippen LogP contribution in [0, 0.1) is 5.92 Å². The first-order valence-corrected chi connectivity index (χ1v) is 9.22. The summed E-state index contributed by atoms with van der Waals surface area (Å²) in [6.45, 7) is 2.51. The van der Waals surface area contributed by atoms with E-state index in [0.717, 1.165) is 25.9 Å². The van der Waals surface area contributed by atoms with Gasteiger partial charge in [0.15, 0.2) is 6.61 Å². The highest BCUT2D eigenvalue weighted by atomic mass is 16.5. The van der Waals surface area contributed by atoms with E-state index in [2.05, 4.69) is 17.0 Å². The van der Waals surface area contributed by atoms with E-state index in [1.807, 2.05) is 18.2 Å². The summed E-state index contributed by atoms with van der Waals surface area (Å²) < 4.78 is 5.47. The summed E-state index contributed by atoms with van der Waals surface area (Å²) in [5, 5.41) is 9.25. The minimum atomic E-state index is -1.01. The number of amides is 1. The molecule has 0 aromatic heterocycles. The summed E-state index contributed by atoms with van der Waals surface area (Å²) in [4.78, 5) is 27.8. The number of rotatable bonds is 4. The Morgan fingerprint density at radius 1 is 1.11 bits per heavy atom. The Hall–Kier alpha value is -3.02. The Bertz CT molecular complexity index is 845. The number of carbonyl (C=O) groups is 2. The predicted molar refractivity (Wildman–Crippen MR) is 103 cm³/mol. The number of hydrogen-bond donors (Lipinski definition) is 1. The van der Waals surface area contributed by atoms with E-state index in [9.17, 15) is 14.7 Å². The average molecular weight is 366 g/mol. The second kappa shape index (κ2) is 7.31. The number of ether oxygens (including phenoxy) is 1. The van der Waals surface area contributed by atoms with Crippen LogP contribution in [0.3, 0.4) is 0 Å². The van der Waals surface area contributed by atoms with E-state index >= 15 is 0 Å². The van der Waals surface area contributed by atoms with Gasteiger partial charge in [-0.1, -0.05) is 18.2 Å². The first-order valence-electron chi connectivity index (χ1n) is 9.22. The molecule has 2 aliphatic heterocycles. The number of carboxylic acids is 1. The maximum absolute atomic E-state index is 12.4. The number of piperidine rings is 1. The maximum Gasteiger partial charge on any atom is 0.335 e. The normalized spacial score (nSPS) is 17.4. The molecular formula is C21H22N2O4. The summed E-state index contributed by atoms with van der Waals surface area (Å²) in [6, 6.07) is 15.0. The molecule has 1 fully saturated rings. The van der Waals surface area contributed by atoms with E-state index in [4.69, 9.17) is 4.74 Å².